The predicted molar refractivity (Wildman–Crippen MR) is 114 cm³/mol. The highest BCUT2D eigenvalue weighted by atomic mass is 16.5. The summed E-state index contributed by atoms with van der Waals surface area (Å²) in [6, 6.07) is 15.9. The molecule has 0 aliphatic rings. The van der Waals surface area contributed by atoms with E-state index in [4.69, 9.17) is 9.47 Å². The Labute approximate surface area is 170 Å². The average Bonchev–Trinajstić information content (AvgIpc) is 3.30. The van der Waals surface area contributed by atoms with E-state index in [0.29, 0.717) is 25.7 Å². The van der Waals surface area contributed by atoms with Crippen LogP contribution >= 0.6 is 0 Å². The van der Waals surface area contributed by atoms with Crippen LogP contribution in [0.15, 0.2) is 59.9 Å². The molecule has 3 N–H and O–H groups in total. The van der Waals surface area contributed by atoms with Gasteiger partial charge in [0.2, 0.25) is 0 Å². The molecule has 0 unspecified atom stereocenters. The van der Waals surface area contributed by atoms with E-state index in [2.05, 4.69) is 42.9 Å². The Hall–Kier alpha value is -3.39. The predicted octanol–water partition coefficient (Wildman–Crippen LogP) is 3.07. The maximum absolute atomic E-state index is 5.75. The Bertz CT molecular complexity index is 911. The van der Waals surface area contributed by atoms with E-state index >= 15 is 0 Å². The van der Waals surface area contributed by atoms with Gasteiger partial charge in [-0.1, -0.05) is 24.3 Å². The van der Waals surface area contributed by atoms with Gasteiger partial charge in [-0.3, -0.25) is 10.1 Å². The third kappa shape index (κ3) is 6.32. The van der Waals surface area contributed by atoms with Gasteiger partial charge >= 0.3 is 0 Å². The number of H-pyrrole nitrogens is 1. The van der Waals surface area contributed by atoms with Crippen molar-refractivity contribution in [1.29, 1.82) is 0 Å². The normalized spacial score (nSPS) is 11.3. The number of benzene rings is 2. The molecular formula is C21H26N6O2. The van der Waals surface area contributed by atoms with Crippen LogP contribution in [0.2, 0.25) is 0 Å². The smallest absolute Gasteiger partial charge is 0.195 e. The number of guanidine groups is 1. The second-order valence-electron chi connectivity index (χ2n) is 6.31. The second kappa shape index (κ2) is 10.8. The van der Waals surface area contributed by atoms with Crippen molar-refractivity contribution in [2.24, 2.45) is 4.99 Å². The molecule has 1 aromatic heterocycles. The summed E-state index contributed by atoms with van der Waals surface area (Å²) in [5.41, 5.74) is 3.00. The standard InChI is InChI=1S/C21H26N6O2/c1-22-21(26-18-8-4-9-19(13-18)29-11-5-10-28-2)23-14-16-6-3-7-17(12-16)20-24-15-25-27-20/h3-4,6-9,12-13,15H,5,10-11,14H2,1-2H3,(H2,22,23,26)(H,24,25,27). The van der Waals surface area contributed by atoms with Gasteiger partial charge in [0.15, 0.2) is 11.8 Å². The largest absolute Gasteiger partial charge is 0.493 e. The topological polar surface area (TPSA) is 96.5 Å². The molecule has 0 spiro atoms. The highest BCUT2D eigenvalue weighted by Crippen LogP contribution is 2.18. The molecule has 8 nitrogen and oxygen atoms in total. The van der Waals surface area contributed by atoms with Gasteiger partial charge in [-0.15, -0.1) is 0 Å². The van der Waals surface area contributed by atoms with Crippen molar-refractivity contribution in [2.45, 2.75) is 13.0 Å². The maximum atomic E-state index is 5.75. The lowest BCUT2D eigenvalue weighted by atomic mass is 10.1. The Morgan fingerprint density at radius 1 is 1.14 bits per heavy atom. The lowest BCUT2D eigenvalue weighted by molar-refractivity contribution is 0.172. The van der Waals surface area contributed by atoms with Crippen LogP contribution in [0.4, 0.5) is 5.69 Å². The fraction of sp³-hybridized carbons (Fsp3) is 0.286. The SMILES string of the molecule is CN=C(NCc1cccc(-c2ncn[nH]2)c1)Nc1cccc(OCCCOC)c1. The Kier molecular flexibility index (Phi) is 7.59. The number of rotatable bonds is 9. The van der Waals surface area contributed by atoms with Crippen molar-refractivity contribution < 1.29 is 9.47 Å². The molecule has 0 radical (unpaired) electrons. The third-order valence-corrected chi connectivity index (χ3v) is 4.16. The minimum atomic E-state index is 0.617. The summed E-state index contributed by atoms with van der Waals surface area (Å²) < 4.78 is 10.8. The van der Waals surface area contributed by atoms with Crippen LogP contribution < -0.4 is 15.4 Å². The highest BCUT2D eigenvalue weighted by Gasteiger charge is 2.04. The first-order chi connectivity index (χ1) is 14.3. The van der Waals surface area contributed by atoms with Gasteiger partial charge in [0.05, 0.1) is 6.61 Å². The molecule has 0 bridgehead atoms. The lowest BCUT2D eigenvalue weighted by Gasteiger charge is -2.13. The van der Waals surface area contributed by atoms with E-state index < -0.39 is 0 Å². The number of methoxy groups -OCH3 is 1. The van der Waals surface area contributed by atoms with Crippen LogP contribution in [-0.4, -0.2) is 48.5 Å². The van der Waals surface area contributed by atoms with Crippen molar-refractivity contribution in [1.82, 2.24) is 20.5 Å². The molecule has 0 fully saturated rings. The first-order valence-electron chi connectivity index (χ1n) is 9.42. The summed E-state index contributed by atoms with van der Waals surface area (Å²) in [5, 5.41) is 13.4. The maximum Gasteiger partial charge on any atom is 0.195 e. The summed E-state index contributed by atoms with van der Waals surface area (Å²) in [6.07, 6.45) is 2.35. The van der Waals surface area contributed by atoms with Crippen LogP contribution in [0, 0.1) is 0 Å². The van der Waals surface area contributed by atoms with Gasteiger partial charge in [-0.05, 0) is 23.8 Å². The van der Waals surface area contributed by atoms with Gasteiger partial charge in [0.1, 0.15) is 12.1 Å². The number of aromatic nitrogens is 3. The molecule has 1 heterocycles. The molecule has 0 amide bonds. The summed E-state index contributed by atoms with van der Waals surface area (Å²) in [4.78, 5) is 8.49. The van der Waals surface area contributed by atoms with Crippen LogP contribution in [-0.2, 0) is 11.3 Å². The number of hydrogen-bond donors (Lipinski definition) is 3. The van der Waals surface area contributed by atoms with Crippen molar-refractivity contribution in [3.8, 4) is 17.1 Å². The third-order valence-electron chi connectivity index (χ3n) is 4.16. The molecule has 3 aromatic rings. The molecule has 0 aliphatic carbocycles. The van der Waals surface area contributed by atoms with Gasteiger partial charge in [0, 0.05) is 51.0 Å². The number of ether oxygens (including phenoxy) is 2. The number of nitrogens with one attached hydrogen (secondary N) is 3. The van der Waals surface area contributed by atoms with Crippen molar-refractivity contribution >= 4 is 11.6 Å². The first kappa shape index (κ1) is 20.3. The van der Waals surface area contributed by atoms with E-state index in [1.165, 1.54) is 6.33 Å². The molecule has 2 aromatic carbocycles. The number of anilines is 1. The van der Waals surface area contributed by atoms with E-state index in [9.17, 15) is 0 Å². The first-order valence-corrected chi connectivity index (χ1v) is 9.42. The molecule has 0 aliphatic heterocycles. The van der Waals surface area contributed by atoms with Gasteiger partial charge in [-0.2, -0.15) is 5.10 Å². The summed E-state index contributed by atoms with van der Waals surface area (Å²) in [7, 11) is 3.43. The number of hydrogen-bond acceptors (Lipinski definition) is 5. The number of aromatic amines is 1. The molecule has 3 rings (SSSR count). The zero-order chi connectivity index (χ0) is 20.3. The van der Waals surface area contributed by atoms with E-state index in [0.717, 1.165) is 34.8 Å². The molecular weight excluding hydrogens is 368 g/mol. The van der Waals surface area contributed by atoms with Crippen LogP contribution in [0.1, 0.15) is 12.0 Å². The Morgan fingerprint density at radius 3 is 2.83 bits per heavy atom. The van der Waals surface area contributed by atoms with Crippen molar-refractivity contribution in [2.75, 3.05) is 32.7 Å². The zero-order valence-corrected chi connectivity index (χ0v) is 16.7. The monoisotopic (exact) mass is 394 g/mol. The van der Waals surface area contributed by atoms with E-state index in [1.54, 1.807) is 14.2 Å². The van der Waals surface area contributed by atoms with Crippen molar-refractivity contribution in [3.63, 3.8) is 0 Å². The second-order valence-corrected chi connectivity index (χ2v) is 6.31. The molecule has 8 heteroatoms. The fourth-order valence-corrected chi connectivity index (χ4v) is 2.73. The minimum Gasteiger partial charge on any atom is -0.493 e. The van der Waals surface area contributed by atoms with E-state index in [1.807, 2.05) is 36.4 Å². The quantitative estimate of drug-likeness (QED) is 0.293. The molecule has 152 valence electrons. The summed E-state index contributed by atoms with van der Waals surface area (Å²) >= 11 is 0. The van der Waals surface area contributed by atoms with Crippen LogP contribution in [0.25, 0.3) is 11.4 Å². The fourth-order valence-electron chi connectivity index (χ4n) is 2.73. The molecule has 29 heavy (non-hydrogen) atoms. The zero-order valence-electron chi connectivity index (χ0n) is 16.7. The number of nitrogens with zero attached hydrogens (tertiary/aromatic N) is 3. The van der Waals surface area contributed by atoms with Gasteiger partial charge in [0.25, 0.3) is 0 Å². The van der Waals surface area contributed by atoms with Crippen LogP contribution in [0.5, 0.6) is 5.75 Å². The van der Waals surface area contributed by atoms with Gasteiger partial charge < -0.3 is 20.1 Å². The molecule has 0 saturated heterocycles. The molecule has 0 saturated carbocycles. The minimum absolute atomic E-state index is 0.617. The Balaban J connectivity index is 1.55. The highest BCUT2D eigenvalue weighted by molar-refractivity contribution is 5.93. The average molecular weight is 394 g/mol. The van der Waals surface area contributed by atoms with Gasteiger partial charge in [-0.25, -0.2) is 4.98 Å². The molecule has 0 atom stereocenters. The van der Waals surface area contributed by atoms with Crippen LogP contribution in [0.3, 0.4) is 0 Å². The van der Waals surface area contributed by atoms with E-state index in [-0.39, 0.29) is 0 Å². The summed E-state index contributed by atoms with van der Waals surface area (Å²) in [6.45, 7) is 1.92. The number of aliphatic imine (C=N–C) groups is 1. The van der Waals surface area contributed by atoms with Crippen molar-refractivity contribution in [3.05, 3.63) is 60.4 Å². The lowest BCUT2D eigenvalue weighted by Crippen LogP contribution is -2.30. The Morgan fingerprint density at radius 2 is 2.03 bits per heavy atom. The summed E-state index contributed by atoms with van der Waals surface area (Å²) in [5.74, 6) is 2.23.